The van der Waals surface area contributed by atoms with E-state index in [9.17, 15) is 4.79 Å². The third kappa shape index (κ3) is 4.82. The topological polar surface area (TPSA) is 61.0 Å². The summed E-state index contributed by atoms with van der Waals surface area (Å²) in [7, 11) is 0. The van der Waals surface area contributed by atoms with Crippen molar-refractivity contribution in [3.8, 4) is 0 Å². The molecule has 5 nitrogen and oxygen atoms in total. The Morgan fingerprint density at radius 3 is 2.79 bits per heavy atom. The molecule has 0 unspecified atom stereocenters. The van der Waals surface area contributed by atoms with Crippen molar-refractivity contribution in [3.05, 3.63) is 46.8 Å². The molecular weight excluding hydrogens is 360 g/mol. The summed E-state index contributed by atoms with van der Waals surface area (Å²) in [5, 5.41) is 11.3. The van der Waals surface area contributed by atoms with Gasteiger partial charge in [0.2, 0.25) is 5.91 Å². The van der Waals surface area contributed by atoms with Crippen molar-refractivity contribution in [1.82, 2.24) is 15.1 Å². The van der Waals surface area contributed by atoms with Crippen molar-refractivity contribution in [3.63, 3.8) is 0 Å². The predicted molar refractivity (Wildman–Crippen MR) is 117 cm³/mol. The van der Waals surface area contributed by atoms with Gasteiger partial charge in [-0.3, -0.25) is 9.89 Å². The molecule has 1 atom stereocenters. The van der Waals surface area contributed by atoms with Crippen LogP contribution in [0, 0.1) is 0 Å². The molecule has 4 rings (SSSR count). The van der Waals surface area contributed by atoms with Crippen LogP contribution in [0.5, 0.6) is 0 Å². The van der Waals surface area contributed by atoms with Crippen molar-refractivity contribution in [2.75, 3.05) is 18.4 Å². The SMILES string of the molecule is CC(C)c1ccc(N[C@H]2CCCN(C(=O)CCc3n[nH]c4c3CCCC4)C2)cc1. The second kappa shape index (κ2) is 9.02. The summed E-state index contributed by atoms with van der Waals surface area (Å²) in [6.07, 6.45) is 8.20. The van der Waals surface area contributed by atoms with Crippen LogP contribution in [-0.4, -0.2) is 40.1 Å². The number of anilines is 1. The number of hydrogen-bond donors (Lipinski definition) is 2. The average Bonchev–Trinajstić information content (AvgIpc) is 3.16. The molecule has 29 heavy (non-hydrogen) atoms. The van der Waals surface area contributed by atoms with Crippen molar-refractivity contribution in [2.24, 2.45) is 0 Å². The van der Waals surface area contributed by atoms with Crippen LogP contribution in [0.25, 0.3) is 0 Å². The average molecular weight is 395 g/mol. The molecule has 0 saturated carbocycles. The lowest BCUT2D eigenvalue weighted by Crippen LogP contribution is -2.45. The maximum atomic E-state index is 12.8. The molecule has 1 aromatic heterocycles. The van der Waals surface area contributed by atoms with Crippen LogP contribution in [0.4, 0.5) is 5.69 Å². The van der Waals surface area contributed by atoms with Gasteiger partial charge in [-0.1, -0.05) is 26.0 Å². The molecule has 1 aliphatic heterocycles. The predicted octanol–water partition coefficient (Wildman–Crippen LogP) is 4.45. The summed E-state index contributed by atoms with van der Waals surface area (Å²) >= 11 is 0. The van der Waals surface area contributed by atoms with Gasteiger partial charge < -0.3 is 10.2 Å². The quantitative estimate of drug-likeness (QED) is 0.761. The first kappa shape index (κ1) is 20.0. The molecule has 156 valence electrons. The summed E-state index contributed by atoms with van der Waals surface area (Å²) in [4.78, 5) is 14.9. The molecule has 2 heterocycles. The van der Waals surface area contributed by atoms with E-state index in [4.69, 9.17) is 0 Å². The minimum atomic E-state index is 0.263. The zero-order chi connectivity index (χ0) is 20.2. The first-order valence-electron chi connectivity index (χ1n) is 11.3. The third-order valence-corrected chi connectivity index (χ3v) is 6.44. The number of benzene rings is 1. The van der Waals surface area contributed by atoms with Crippen LogP contribution in [0.1, 0.15) is 74.4 Å². The number of aromatic amines is 1. The van der Waals surface area contributed by atoms with E-state index in [0.717, 1.165) is 56.6 Å². The van der Waals surface area contributed by atoms with E-state index in [1.165, 1.54) is 29.7 Å². The molecule has 1 aliphatic carbocycles. The molecule has 2 N–H and O–H groups in total. The monoisotopic (exact) mass is 394 g/mol. The fraction of sp³-hybridized carbons (Fsp3) is 0.583. The Hall–Kier alpha value is -2.30. The zero-order valence-electron chi connectivity index (χ0n) is 17.8. The maximum absolute atomic E-state index is 12.8. The van der Waals surface area contributed by atoms with Crippen LogP contribution in [-0.2, 0) is 24.1 Å². The summed E-state index contributed by atoms with van der Waals surface area (Å²) in [6.45, 7) is 6.10. The van der Waals surface area contributed by atoms with Crippen LogP contribution in [0.15, 0.2) is 24.3 Å². The summed E-state index contributed by atoms with van der Waals surface area (Å²) in [6, 6.07) is 9.05. The highest BCUT2D eigenvalue weighted by molar-refractivity contribution is 5.76. The van der Waals surface area contributed by atoms with Crippen LogP contribution in [0.2, 0.25) is 0 Å². The number of nitrogens with one attached hydrogen (secondary N) is 2. The first-order chi connectivity index (χ1) is 14.1. The van der Waals surface area contributed by atoms with E-state index in [-0.39, 0.29) is 5.91 Å². The smallest absolute Gasteiger partial charge is 0.223 e. The highest BCUT2D eigenvalue weighted by atomic mass is 16.2. The van der Waals surface area contributed by atoms with Crippen LogP contribution < -0.4 is 5.32 Å². The van der Waals surface area contributed by atoms with Gasteiger partial charge in [-0.15, -0.1) is 0 Å². The fourth-order valence-electron chi connectivity index (χ4n) is 4.66. The van der Waals surface area contributed by atoms with Crippen molar-refractivity contribution >= 4 is 11.6 Å². The number of rotatable bonds is 6. The standard InChI is InChI=1S/C24H34N4O/c1-17(2)18-9-11-19(12-10-18)25-20-6-5-15-28(16-20)24(29)14-13-23-21-7-3-4-8-22(21)26-27-23/h9-12,17,20,25H,3-8,13-16H2,1-2H3,(H,26,27)/t20-/m0/s1. The summed E-state index contributed by atoms with van der Waals surface area (Å²) < 4.78 is 0. The molecule has 2 aliphatic rings. The fourth-order valence-corrected chi connectivity index (χ4v) is 4.66. The van der Waals surface area contributed by atoms with Gasteiger partial charge in [-0.05, 0) is 67.7 Å². The van der Waals surface area contributed by atoms with Gasteiger partial charge in [0.05, 0.1) is 5.69 Å². The molecule has 1 amide bonds. The molecule has 1 fully saturated rings. The second-order valence-electron chi connectivity index (χ2n) is 8.93. The van der Waals surface area contributed by atoms with E-state index in [2.05, 4.69) is 53.6 Å². The Bertz CT molecular complexity index is 824. The Kier molecular flexibility index (Phi) is 6.22. The molecule has 5 heteroatoms. The number of fused-ring (bicyclic) bond motifs is 1. The van der Waals surface area contributed by atoms with E-state index in [1.807, 2.05) is 4.90 Å². The van der Waals surface area contributed by atoms with Crippen LogP contribution in [0.3, 0.4) is 0 Å². The van der Waals surface area contributed by atoms with Gasteiger partial charge in [0.1, 0.15) is 0 Å². The normalized spacial score (nSPS) is 19.3. The van der Waals surface area contributed by atoms with Gasteiger partial charge in [0, 0.05) is 43.4 Å². The van der Waals surface area contributed by atoms with E-state index in [0.29, 0.717) is 18.4 Å². The number of aryl methyl sites for hydroxylation is 2. The van der Waals surface area contributed by atoms with E-state index < -0.39 is 0 Å². The Balaban J connectivity index is 1.29. The number of H-pyrrole nitrogens is 1. The summed E-state index contributed by atoms with van der Waals surface area (Å²) in [5.41, 5.74) is 6.30. The molecule has 0 bridgehead atoms. The lowest BCUT2D eigenvalue weighted by Gasteiger charge is -2.34. The Labute approximate surface area is 174 Å². The van der Waals surface area contributed by atoms with Gasteiger partial charge in [0.25, 0.3) is 0 Å². The number of piperidine rings is 1. The largest absolute Gasteiger partial charge is 0.381 e. The lowest BCUT2D eigenvalue weighted by molar-refractivity contribution is -0.132. The number of aromatic nitrogens is 2. The molecular formula is C24H34N4O. The molecule has 1 saturated heterocycles. The number of hydrogen-bond acceptors (Lipinski definition) is 3. The molecule has 0 spiro atoms. The van der Waals surface area contributed by atoms with E-state index >= 15 is 0 Å². The summed E-state index contributed by atoms with van der Waals surface area (Å²) in [5.74, 6) is 0.811. The lowest BCUT2D eigenvalue weighted by atomic mass is 9.94. The molecule has 0 radical (unpaired) electrons. The number of carbonyl (C=O) groups excluding carboxylic acids is 1. The molecule has 2 aromatic rings. The number of likely N-dealkylation sites (tertiary alicyclic amines) is 1. The number of carbonyl (C=O) groups is 1. The first-order valence-corrected chi connectivity index (χ1v) is 11.3. The van der Waals surface area contributed by atoms with Gasteiger partial charge in [-0.25, -0.2) is 0 Å². The number of amides is 1. The third-order valence-electron chi connectivity index (χ3n) is 6.44. The van der Waals surface area contributed by atoms with Crippen molar-refractivity contribution < 1.29 is 4.79 Å². The van der Waals surface area contributed by atoms with Crippen molar-refractivity contribution in [1.29, 1.82) is 0 Å². The zero-order valence-corrected chi connectivity index (χ0v) is 17.8. The Morgan fingerprint density at radius 1 is 1.21 bits per heavy atom. The minimum absolute atomic E-state index is 0.263. The van der Waals surface area contributed by atoms with Crippen LogP contribution >= 0.6 is 0 Å². The highest BCUT2D eigenvalue weighted by Crippen LogP contribution is 2.24. The minimum Gasteiger partial charge on any atom is -0.381 e. The Morgan fingerprint density at radius 2 is 2.00 bits per heavy atom. The highest BCUT2D eigenvalue weighted by Gasteiger charge is 2.24. The second-order valence-corrected chi connectivity index (χ2v) is 8.93. The van der Waals surface area contributed by atoms with Gasteiger partial charge in [-0.2, -0.15) is 5.10 Å². The van der Waals surface area contributed by atoms with Crippen molar-refractivity contribution in [2.45, 2.75) is 77.2 Å². The maximum Gasteiger partial charge on any atom is 0.223 e. The van der Waals surface area contributed by atoms with E-state index in [1.54, 1.807) is 0 Å². The molecule has 1 aromatic carbocycles. The van der Waals surface area contributed by atoms with Gasteiger partial charge in [0.15, 0.2) is 0 Å². The van der Waals surface area contributed by atoms with Gasteiger partial charge >= 0.3 is 0 Å². The number of nitrogens with zero attached hydrogens (tertiary/aromatic N) is 2.